The summed E-state index contributed by atoms with van der Waals surface area (Å²) in [5.74, 6) is 1.25. The molecule has 26 heavy (non-hydrogen) atoms. The third-order valence-corrected chi connectivity index (χ3v) is 6.15. The Morgan fingerprint density at radius 3 is 2.65 bits per heavy atom. The number of hydrogen-bond acceptors (Lipinski definition) is 5. The fraction of sp³-hybridized carbons (Fsp3) is 0.158. The van der Waals surface area contributed by atoms with E-state index in [2.05, 4.69) is 15.9 Å². The molecule has 2 aromatic rings. The first-order valence-corrected chi connectivity index (χ1v) is 9.90. The summed E-state index contributed by atoms with van der Waals surface area (Å²) in [5, 5.41) is 0. The number of carbonyl (C=O) groups is 1. The first-order chi connectivity index (χ1) is 12.4. The van der Waals surface area contributed by atoms with Gasteiger partial charge in [-0.15, -0.1) is 0 Å². The van der Waals surface area contributed by atoms with Crippen molar-refractivity contribution in [2.75, 3.05) is 11.7 Å². The van der Waals surface area contributed by atoms with E-state index in [9.17, 15) is 4.79 Å². The van der Waals surface area contributed by atoms with Crippen molar-refractivity contribution < 1.29 is 14.3 Å². The first-order valence-electron chi connectivity index (χ1n) is 7.88. The molecule has 2 aliphatic heterocycles. The summed E-state index contributed by atoms with van der Waals surface area (Å²) in [4.78, 5) is 15.2. The quantitative estimate of drug-likeness (QED) is 0.467. The Bertz CT molecular complexity index is 987. The lowest BCUT2D eigenvalue weighted by Crippen LogP contribution is -2.28. The topological polar surface area (TPSA) is 38.8 Å². The smallest absolute Gasteiger partial charge is 0.270 e. The molecule has 7 heteroatoms. The zero-order valence-corrected chi connectivity index (χ0v) is 17.3. The van der Waals surface area contributed by atoms with Gasteiger partial charge >= 0.3 is 0 Å². The molecule has 2 aliphatic rings. The predicted octanol–water partition coefficient (Wildman–Crippen LogP) is 5.20. The molecule has 132 valence electrons. The van der Waals surface area contributed by atoms with E-state index in [-0.39, 0.29) is 12.7 Å². The minimum Gasteiger partial charge on any atom is -0.454 e. The minimum absolute atomic E-state index is 0.114. The second-order valence-corrected chi connectivity index (χ2v) is 8.56. The normalized spacial score (nSPS) is 17.5. The maximum atomic E-state index is 13.0. The molecule has 0 aromatic heterocycles. The van der Waals surface area contributed by atoms with Crippen LogP contribution in [0.3, 0.4) is 0 Å². The number of amides is 1. The Morgan fingerprint density at radius 1 is 1.19 bits per heavy atom. The molecular weight excluding hydrogens is 434 g/mol. The molecule has 0 N–H and O–H groups in total. The van der Waals surface area contributed by atoms with Crippen molar-refractivity contribution in [3.05, 3.63) is 56.4 Å². The fourth-order valence-corrected chi connectivity index (χ4v) is 4.63. The molecular formula is C19H14BrNO3S2. The minimum atomic E-state index is -0.114. The third kappa shape index (κ3) is 3.04. The molecule has 1 fully saturated rings. The van der Waals surface area contributed by atoms with Crippen LogP contribution in [0.25, 0.3) is 6.08 Å². The molecule has 2 aromatic carbocycles. The number of anilines is 1. The van der Waals surface area contributed by atoms with Crippen LogP contribution in [0.5, 0.6) is 11.5 Å². The molecule has 0 spiro atoms. The summed E-state index contributed by atoms with van der Waals surface area (Å²) in [5.41, 5.74) is 3.84. The second kappa shape index (κ2) is 6.72. The summed E-state index contributed by atoms with van der Waals surface area (Å²) in [6, 6.07) is 9.68. The number of benzene rings is 2. The standard InChI is InChI=1S/C19H14BrNO3S2/c1-10-3-4-14(11(2)5-10)21-18(22)17(26-19(21)25)7-12-6-15-16(8-13(12)20)24-9-23-15/h3-8H,9H2,1-2H3/b17-7-. The molecule has 1 amide bonds. The summed E-state index contributed by atoms with van der Waals surface area (Å²) in [6.07, 6.45) is 1.83. The summed E-state index contributed by atoms with van der Waals surface area (Å²) in [6.45, 7) is 4.22. The Labute approximate surface area is 169 Å². The van der Waals surface area contributed by atoms with E-state index in [0.29, 0.717) is 20.7 Å². The number of halogens is 1. The first kappa shape index (κ1) is 17.6. The lowest BCUT2D eigenvalue weighted by atomic mass is 10.1. The number of rotatable bonds is 2. The SMILES string of the molecule is Cc1ccc(N2C(=O)/C(=C/c3cc4c(cc3Br)OCO4)SC2=S)c(C)c1. The number of fused-ring (bicyclic) bond motifs is 1. The molecule has 0 unspecified atom stereocenters. The zero-order valence-electron chi connectivity index (χ0n) is 14.0. The number of aryl methyl sites for hydroxylation is 2. The van der Waals surface area contributed by atoms with Gasteiger partial charge in [0.1, 0.15) is 0 Å². The van der Waals surface area contributed by atoms with Gasteiger partial charge < -0.3 is 9.47 Å². The number of thioether (sulfide) groups is 1. The van der Waals surface area contributed by atoms with E-state index in [0.717, 1.165) is 26.9 Å². The lowest BCUT2D eigenvalue weighted by molar-refractivity contribution is -0.113. The van der Waals surface area contributed by atoms with E-state index in [1.165, 1.54) is 11.8 Å². The second-order valence-electron chi connectivity index (χ2n) is 6.03. The average molecular weight is 448 g/mol. The predicted molar refractivity (Wildman–Crippen MR) is 112 cm³/mol. The van der Waals surface area contributed by atoms with Crippen LogP contribution in [0, 0.1) is 13.8 Å². The van der Waals surface area contributed by atoms with E-state index in [1.54, 1.807) is 4.90 Å². The summed E-state index contributed by atoms with van der Waals surface area (Å²) in [7, 11) is 0. The van der Waals surface area contributed by atoms with Gasteiger partial charge in [0.25, 0.3) is 5.91 Å². The molecule has 0 radical (unpaired) electrons. The lowest BCUT2D eigenvalue weighted by Gasteiger charge is -2.17. The van der Waals surface area contributed by atoms with Crippen molar-refractivity contribution in [2.45, 2.75) is 13.8 Å². The van der Waals surface area contributed by atoms with Gasteiger partial charge in [-0.2, -0.15) is 0 Å². The Balaban J connectivity index is 1.70. The van der Waals surface area contributed by atoms with Gasteiger partial charge in [-0.1, -0.05) is 57.6 Å². The van der Waals surface area contributed by atoms with Crippen LogP contribution in [-0.2, 0) is 4.79 Å². The van der Waals surface area contributed by atoms with E-state index >= 15 is 0 Å². The van der Waals surface area contributed by atoms with Crippen LogP contribution >= 0.6 is 39.9 Å². The summed E-state index contributed by atoms with van der Waals surface area (Å²) < 4.78 is 12.2. The Hall–Kier alpha value is -1.83. The van der Waals surface area contributed by atoms with Crippen LogP contribution in [0.15, 0.2) is 39.7 Å². The van der Waals surface area contributed by atoms with Crippen LogP contribution in [0.2, 0.25) is 0 Å². The maximum absolute atomic E-state index is 13.0. The molecule has 4 nitrogen and oxygen atoms in total. The van der Waals surface area contributed by atoms with Crippen molar-refractivity contribution in [3.63, 3.8) is 0 Å². The van der Waals surface area contributed by atoms with Gasteiger partial charge in [-0.3, -0.25) is 9.69 Å². The highest BCUT2D eigenvalue weighted by Gasteiger charge is 2.34. The van der Waals surface area contributed by atoms with Gasteiger partial charge in [-0.25, -0.2) is 0 Å². The molecule has 0 atom stereocenters. The van der Waals surface area contributed by atoms with Gasteiger partial charge in [-0.05, 0) is 49.2 Å². The van der Waals surface area contributed by atoms with Crippen LogP contribution in [-0.4, -0.2) is 17.0 Å². The molecule has 0 saturated carbocycles. The van der Waals surface area contributed by atoms with Gasteiger partial charge in [0.05, 0.1) is 10.6 Å². The zero-order chi connectivity index (χ0) is 18.4. The van der Waals surface area contributed by atoms with Crippen LogP contribution < -0.4 is 14.4 Å². The Morgan fingerprint density at radius 2 is 1.92 bits per heavy atom. The van der Waals surface area contributed by atoms with Crippen molar-refractivity contribution in [1.29, 1.82) is 0 Å². The Kier molecular flexibility index (Phi) is 4.54. The van der Waals surface area contributed by atoms with Gasteiger partial charge in [0.15, 0.2) is 15.8 Å². The summed E-state index contributed by atoms with van der Waals surface area (Å²) >= 11 is 10.3. The number of nitrogens with zero attached hydrogens (tertiary/aromatic N) is 1. The molecule has 0 bridgehead atoms. The molecule has 0 aliphatic carbocycles. The van der Waals surface area contributed by atoms with E-state index in [1.807, 2.05) is 50.3 Å². The van der Waals surface area contributed by atoms with E-state index < -0.39 is 0 Å². The fourth-order valence-electron chi connectivity index (χ4n) is 2.92. The van der Waals surface area contributed by atoms with Crippen molar-refractivity contribution >= 4 is 61.9 Å². The number of ether oxygens (including phenoxy) is 2. The van der Waals surface area contributed by atoms with Crippen LogP contribution in [0.4, 0.5) is 5.69 Å². The highest BCUT2D eigenvalue weighted by Crippen LogP contribution is 2.41. The monoisotopic (exact) mass is 447 g/mol. The third-order valence-electron chi connectivity index (χ3n) is 4.17. The number of carbonyl (C=O) groups excluding carboxylic acids is 1. The van der Waals surface area contributed by atoms with Crippen molar-refractivity contribution in [3.8, 4) is 11.5 Å². The highest BCUT2D eigenvalue weighted by molar-refractivity contribution is 9.10. The largest absolute Gasteiger partial charge is 0.454 e. The molecule has 2 heterocycles. The van der Waals surface area contributed by atoms with Crippen molar-refractivity contribution in [2.24, 2.45) is 0 Å². The van der Waals surface area contributed by atoms with Crippen LogP contribution in [0.1, 0.15) is 16.7 Å². The molecule has 4 rings (SSSR count). The molecule has 1 saturated heterocycles. The van der Waals surface area contributed by atoms with Gasteiger partial charge in [0, 0.05) is 4.47 Å². The number of hydrogen-bond donors (Lipinski definition) is 0. The van der Waals surface area contributed by atoms with E-state index in [4.69, 9.17) is 21.7 Å². The van der Waals surface area contributed by atoms with Gasteiger partial charge in [0.2, 0.25) is 6.79 Å². The van der Waals surface area contributed by atoms with Crippen molar-refractivity contribution in [1.82, 2.24) is 0 Å². The average Bonchev–Trinajstić information content (AvgIpc) is 3.13. The maximum Gasteiger partial charge on any atom is 0.270 e. The highest BCUT2D eigenvalue weighted by atomic mass is 79.9. The number of thiocarbonyl (C=S) groups is 1.